The summed E-state index contributed by atoms with van der Waals surface area (Å²) < 4.78 is 15.0. The Morgan fingerprint density at radius 2 is 1.59 bits per heavy atom. The van der Waals surface area contributed by atoms with E-state index in [-0.39, 0.29) is 31.0 Å². The molecule has 1 N–H and O–H groups in total. The van der Waals surface area contributed by atoms with Crippen LogP contribution in [0.1, 0.15) is 12.5 Å². The van der Waals surface area contributed by atoms with Crippen molar-refractivity contribution < 1.29 is 38.7 Å². The normalized spacial score (nSPS) is 8.18. The summed E-state index contributed by atoms with van der Waals surface area (Å²) in [7, 11) is 0. The smallest absolute Gasteiger partial charge is 0 e. The zero-order chi connectivity index (χ0) is 13.0. The van der Waals surface area contributed by atoms with Crippen LogP contribution in [0.5, 0.6) is 0 Å². The number of hydrogen-bond donors (Lipinski definition) is 1. The monoisotopic (exact) mass is 321 g/mol. The molecule has 1 radical (unpaired) electrons. The number of allylic oxidation sites excluding steroid dienone is 1. The summed E-state index contributed by atoms with van der Waals surface area (Å²) in [6.45, 7) is 10.4. The molecule has 0 atom stereocenters. The summed E-state index contributed by atoms with van der Waals surface area (Å²) in [6.07, 6.45) is 1.20. The van der Waals surface area contributed by atoms with E-state index in [9.17, 15) is 9.90 Å². The summed E-state index contributed by atoms with van der Waals surface area (Å²) >= 11 is 0. The van der Waals surface area contributed by atoms with Gasteiger partial charge in [0.15, 0.2) is 5.78 Å². The average Bonchev–Trinajstić information content (AvgIpc) is 2.34. The van der Waals surface area contributed by atoms with Crippen LogP contribution in [0.4, 0.5) is 0 Å². The molecule has 91 valence electrons. The fourth-order valence-corrected chi connectivity index (χ4v) is 0.885. The first-order chi connectivity index (χ1) is 7.70. The second kappa shape index (κ2) is 14.5. The van der Waals surface area contributed by atoms with E-state index in [0.29, 0.717) is 5.56 Å². The molecule has 0 bridgehead atoms. The topological polar surface area (TPSA) is 77.1 Å². The number of aliphatic hydroxyl groups is 1. The van der Waals surface area contributed by atoms with Gasteiger partial charge in [-0.15, -0.1) is 0 Å². The minimum atomic E-state index is -0.156. The molecule has 0 aliphatic rings. The van der Waals surface area contributed by atoms with Crippen molar-refractivity contribution in [2.24, 2.45) is 0 Å². The van der Waals surface area contributed by atoms with Gasteiger partial charge in [0, 0.05) is 31.1 Å². The number of benzene rings is 1. The third-order valence-corrected chi connectivity index (χ3v) is 1.41. The molecule has 0 saturated heterocycles. The van der Waals surface area contributed by atoms with Crippen molar-refractivity contribution in [3.05, 3.63) is 55.3 Å². The second-order valence-corrected chi connectivity index (χ2v) is 2.51. The second-order valence-electron chi connectivity index (χ2n) is 2.51. The number of ketones is 1. The summed E-state index contributed by atoms with van der Waals surface area (Å²) in [5.41, 5.74) is 0.660. The third kappa shape index (κ3) is 10.8. The Morgan fingerprint density at radius 1 is 1.18 bits per heavy atom. The first-order valence-corrected chi connectivity index (χ1v) is 4.07. The van der Waals surface area contributed by atoms with Crippen LogP contribution in [0.25, 0.3) is 5.76 Å². The van der Waals surface area contributed by atoms with E-state index in [1.165, 1.54) is 13.0 Å². The number of carbonyl (C=O) groups excluding carboxylic acids is 1. The molecule has 0 aliphatic heterocycles. The molecule has 0 amide bonds. The van der Waals surface area contributed by atoms with E-state index in [1.54, 1.807) is 24.3 Å². The third-order valence-electron chi connectivity index (χ3n) is 1.41. The van der Waals surface area contributed by atoms with E-state index >= 15 is 0 Å². The molecule has 0 unspecified atom stereocenters. The van der Waals surface area contributed by atoms with E-state index in [2.05, 4.69) is 13.3 Å². The molecule has 5 heteroatoms. The van der Waals surface area contributed by atoms with Crippen LogP contribution in [-0.4, -0.2) is 10.9 Å². The SMILES string of the molecule is CC(=O)/C=C(\O)c1ccccc1.[C-]#[O+].[C-]#[O+].[Rh]. The fraction of sp³-hybridized carbons (Fsp3) is 0.0833. The summed E-state index contributed by atoms with van der Waals surface area (Å²) in [6, 6.07) is 8.95. The number of aliphatic hydroxyl groups excluding tert-OH is 1. The fourth-order valence-electron chi connectivity index (χ4n) is 0.885. The maximum absolute atomic E-state index is 10.6. The van der Waals surface area contributed by atoms with Crippen molar-refractivity contribution >= 4 is 11.5 Å². The molecule has 0 spiro atoms. The van der Waals surface area contributed by atoms with Gasteiger partial charge >= 0.3 is 22.6 Å². The molecular formula is C12H10O4Rh. The van der Waals surface area contributed by atoms with Gasteiger partial charge in [-0.3, -0.25) is 4.79 Å². The minimum Gasteiger partial charge on any atom is 0 e. The molecule has 0 aromatic heterocycles. The largest absolute Gasteiger partial charge is 0 e. The average molecular weight is 321 g/mol. The number of rotatable bonds is 2. The van der Waals surface area contributed by atoms with Crippen LogP contribution in [0.3, 0.4) is 0 Å². The van der Waals surface area contributed by atoms with Crippen molar-refractivity contribution in [1.29, 1.82) is 0 Å². The molecule has 0 saturated carbocycles. The van der Waals surface area contributed by atoms with Gasteiger partial charge in [0.2, 0.25) is 0 Å². The molecule has 17 heavy (non-hydrogen) atoms. The standard InChI is InChI=1S/C10H10O2.2CO.Rh/c1-8(11)7-10(12)9-5-3-2-4-6-9;2*1-2;/h2-7,12H,1H3;;;/b10-7-;;;. The molecule has 1 aromatic rings. The molecule has 0 aliphatic carbocycles. The first-order valence-electron chi connectivity index (χ1n) is 4.07. The van der Waals surface area contributed by atoms with Crippen LogP contribution in [-0.2, 0) is 33.6 Å². The van der Waals surface area contributed by atoms with Crippen molar-refractivity contribution in [3.63, 3.8) is 0 Å². The summed E-state index contributed by atoms with van der Waals surface area (Å²) in [5, 5.41) is 9.33. The first kappa shape index (κ1) is 20.9. The molecule has 0 fully saturated rings. The summed E-state index contributed by atoms with van der Waals surface area (Å²) in [4.78, 5) is 10.6. The Kier molecular flexibility index (Phi) is 17.9. The molecular weight excluding hydrogens is 311 g/mol. The Balaban J connectivity index is -0.000000355. The van der Waals surface area contributed by atoms with Crippen LogP contribution in [0.2, 0.25) is 0 Å². The quantitative estimate of drug-likeness (QED) is 0.298. The molecule has 1 aromatic carbocycles. The van der Waals surface area contributed by atoms with Gasteiger partial charge in [0.25, 0.3) is 0 Å². The Morgan fingerprint density at radius 3 is 1.94 bits per heavy atom. The Hall–Kier alpha value is -1.47. The van der Waals surface area contributed by atoms with Gasteiger partial charge in [0.1, 0.15) is 5.76 Å². The predicted octanol–water partition coefficient (Wildman–Crippen LogP) is 2.10. The van der Waals surface area contributed by atoms with Gasteiger partial charge in [-0.1, -0.05) is 30.3 Å². The zero-order valence-electron chi connectivity index (χ0n) is 8.97. The maximum atomic E-state index is 10.6. The van der Waals surface area contributed by atoms with E-state index in [1.807, 2.05) is 6.07 Å². The van der Waals surface area contributed by atoms with Gasteiger partial charge < -0.3 is 5.11 Å². The van der Waals surface area contributed by atoms with Crippen LogP contribution in [0.15, 0.2) is 36.4 Å². The van der Waals surface area contributed by atoms with Crippen molar-refractivity contribution in [1.82, 2.24) is 0 Å². The van der Waals surface area contributed by atoms with Crippen LogP contribution < -0.4 is 0 Å². The Bertz CT molecular complexity index is 373. The molecule has 0 heterocycles. The number of carbonyl (C=O) groups is 1. The maximum Gasteiger partial charge on any atom is 0 e. The minimum absolute atomic E-state index is 0. The van der Waals surface area contributed by atoms with Gasteiger partial charge in [-0.25, -0.2) is 0 Å². The molecule has 1 rings (SSSR count). The number of hydrogen-bond acceptors (Lipinski definition) is 2. The predicted molar refractivity (Wildman–Crippen MR) is 55.6 cm³/mol. The van der Waals surface area contributed by atoms with Crippen molar-refractivity contribution in [3.8, 4) is 0 Å². The van der Waals surface area contributed by atoms with Gasteiger partial charge in [0.05, 0.1) is 0 Å². The van der Waals surface area contributed by atoms with E-state index in [0.717, 1.165) is 0 Å². The van der Waals surface area contributed by atoms with Crippen molar-refractivity contribution in [2.75, 3.05) is 0 Å². The van der Waals surface area contributed by atoms with E-state index in [4.69, 9.17) is 9.30 Å². The van der Waals surface area contributed by atoms with Gasteiger partial charge in [-0.2, -0.15) is 0 Å². The van der Waals surface area contributed by atoms with Crippen LogP contribution >= 0.6 is 0 Å². The zero-order valence-corrected chi connectivity index (χ0v) is 10.6. The van der Waals surface area contributed by atoms with E-state index < -0.39 is 0 Å². The van der Waals surface area contributed by atoms with Gasteiger partial charge in [-0.05, 0) is 6.92 Å². The van der Waals surface area contributed by atoms with Crippen molar-refractivity contribution in [2.45, 2.75) is 6.92 Å². The Labute approximate surface area is 113 Å². The van der Waals surface area contributed by atoms with Crippen LogP contribution in [0, 0.1) is 13.3 Å². The molecule has 4 nitrogen and oxygen atoms in total. The summed E-state index contributed by atoms with van der Waals surface area (Å²) in [5.74, 6) is -0.139.